The molecule has 3 N–H and O–H groups in total. The van der Waals surface area contributed by atoms with Gasteiger partial charge in [0.05, 0.1) is 12.1 Å². The molecule has 34 heavy (non-hydrogen) atoms. The van der Waals surface area contributed by atoms with Crippen LogP contribution in [-0.2, 0) is 17.6 Å². The molecule has 1 saturated carbocycles. The quantitative estimate of drug-likeness (QED) is 0.490. The number of nitrogens with one attached hydrogen (secondary N) is 3. The van der Waals surface area contributed by atoms with Gasteiger partial charge < -0.3 is 16.0 Å². The van der Waals surface area contributed by atoms with Gasteiger partial charge in [-0.3, -0.25) is 9.59 Å². The SMILES string of the molecule is Cc1ccc(NC(=O)CN[C@H]2CC[C@@H](CNC(=O)c3cc(CF)cc(C(F)(F)F)c3)CC2)nc1. The highest BCUT2D eigenvalue weighted by Gasteiger charge is 2.32. The average molecular weight is 481 g/mol. The van der Waals surface area contributed by atoms with Crippen LogP contribution in [0.2, 0.25) is 0 Å². The monoisotopic (exact) mass is 480 g/mol. The molecule has 1 aromatic heterocycles. The number of halogens is 4. The first-order valence-electron chi connectivity index (χ1n) is 11.1. The number of alkyl halides is 4. The van der Waals surface area contributed by atoms with Crippen molar-refractivity contribution in [3.8, 4) is 0 Å². The molecule has 184 valence electrons. The summed E-state index contributed by atoms with van der Waals surface area (Å²) in [7, 11) is 0. The Morgan fingerprint density at radius 1 is 1.09 bits per heavy atom. The van der Waals surface area contributed by atoms with E-state index in [0.717, 1.165) is 43.4 Å². The van der Waals surface area contributed by atoms with E-state index >= 15 is 0 Å². The summed E-state index contributed by atoms with van der Waals surface area (Å²) in [5.41, 5.74) is -0.425. The van der Waals surface area contributed by atoms with Gasteiger partial charge in [-0.1, -0.05) is 6.07 Å². The fourth-order valence-electron chi connectivity index (χ4n) is 3.94. The van der Waals surface area contributed by atoms with Crippen LogP contribution in [0, 0.1) is 12.8 Å². The molecule has 1 fully saturated rings. The van der Waals surface area contributed by atoms with Crippen molar-refractivity contribution in [1.29, 1.82) is 0 Å². The van der Waals surface area contributed by atoms with E-state index in [1.807, 2.05) is 13.0 Å². The first-order valence-corrected chi connectivity index (χ1v) is 11.1. The molecule has 2 aromatic rings. The molecule has 0 unspecified atom stereocenters. The summed E-state index contributed by atoms with van der Waals surface area (Å²) in [5.74, 6) is -0.155. The van der Waals surface area contributed by atoms with Crippen molar-refractivity contribution in [1.82, 2.24) is 15.6 Å². The summed E-state index contributed by atoms with van der Waals surface area (Å²) in [6.45, 7) is 1.32. The lowest BCUT2D eigenvalue weighted by atomic mass is 9.86. The Hall–Kier alpha value is -3.01. The lowest BCUT2D eigenvalue weighted by Crippen LogP contribution is -2.40. The zero-order valence-electron chi connectivity index (χ0n) is 18.8. The number of carbonyl (C=O) groups excluding carboxylic acids is 2. The molecule has 1 aliphatic carbocycles. The summed E-state index contributed by atoms with van der Waals surface area (Å²) in [6.07, 6.45) is 0.252. The smallest absolute Gasteiger partial charge is 0.352 e. The summed E-state index contributed by atoms with van der Waals surface area (Å²) >= 11 is 0. The molecule has 10 heteroatoms. The number of hydrogen-bond acceptors (Lipinski definition) is 4. The molecule has 0 saturated heterocycles. The minimum absolute atomic E-state index is 0.161. The Kier molecular flexibility index (Phi) is 8.60. The first kappa shape index (κ1) is 25.6. The van der Waals surface area contributed by atoms with Crippen LogP contribution in [0.25, 0.3) is 0 Å². The standard InChI is InChI=1S/C24H28F4N4O2/c1-15-2-7-21(30-12-15)32-22(33)14-29-20-5-3-16(4-6-20)13-31-23(34)18-8-17(11-25)9-19(10-18)24(26,27)28/h2,7-10,12,16,20,29H,3-6,11,13-14H2,1H3,(H,31,34)(H,30,32,33)/t16-,20+. The summed E-state index contributed by atoms with van der Waals surface area (Å²) in [5, 5.41) is 8.64. The zero-order chi connectivity index (χ0) is 24.7. The minimum Gasteiger partial charge on any atom is -0.352 e. The Labute approximate surface area is 195 Å². The number of pyridine rings is 1. The van der Waals surface area contributed by atoms with Crippen molar-refractivity contribution in [2.75, 3.05) is 18.4 Å². The number of benzene rings is 1. The summed E-state index contributed by atoms with van der Waals surface area (Å²) in [4.78, 5) is 28.6. The van der Waals surface area contributed by atoms with Crippen LogP contribution in [0.3, 0.4) is 0 Å². The first-order chi connectivity index (χ1) is 16.1. The number of aromatic nitrogens is 1. The van der Waals surface area contributed by atoms with Crippen molar-refractivity contribution in [3.05, 3.63) is 58.8 Å². The molecule has 2 amide bonds. The van der Waals surface area contributed by atoms with Crippen LogP contribution in [0.4, 0.5) is 23.4 Å². The maximum absolute atomic E-state index is 13.0. The van der Waals surface area contributed by atoms with Gasteiger partial charge in [-0.15, -0.1) is 0 Å². The van der Waals surface area contributed by atoms with Crippen molar-refractivity contribution >= 4 is 17.6 Å². The Morgan fingerprint density at radius 2 is 1.82 bits per heavy atom. The number of anilines is 1. The predicted octanol–water partition coefficient (Wildman–Crippen LogP) is 4.40. The van der Waals surface area contributed by atoms with Gasteiger partial charge in [0.25, 0.3) is 5.91 Å². The topological polar surface area (TPSA) is 83.1 Å². The summed E-state index contributed by atoms with van der Waals surface area (Å²) < 4.78 is 52.0. The average Bonchev–Trinajstić information content (AvgIpc) is 2.82. The van der Waals surface area contributed by atoms with Gasteiger partial charge in [0, 0.05) is 24.3 Å². The zero-order valence-corrected chi connectivity index (χ0v) is 18.8. The second-order valence-electron chi connectivity index (χ2n) is 8.63. The van der Waals surface area contributed by atoms with Gasteiger partial charge in [-0.05, 0) is 73.9 Å². The molecule has 0 spiro atoms. The Morgan fingerprint density at radius 3 is 2.44 bits per heavy atom. The maximum atomic E-state index is 13.0. The van der Waals surface area contributed by atoms with E-state index in [9.17, 15) is 27.2 Å². The van der Waals surface area contributed by atoms with Gasteiger partial charge in [0.2, 0.25) is 5.91 Å². The lowest BCUT2D eigenvalue weighted by Gasteiger charge is -2.29. The second kappa shape index (κ2) is 11.4. The van der Waals surface area contributed by atoms with E-state index in [0.29, 0.717) is 18.4 Å². The molecular formula is C24H28F4N4O2. The molecule has 6 nitrogen and oxygen atoms in total. The van der Waals surface area contributed by atoms with Crippen LogP contribution >= 0.6 is 0 Å². The van der Waals surface area contributed by atoms with Crippen molar-refractivity contribution in [2.45, 2.75) is 51.5 Å². The van der Waals surface area contributed by atoms with Crippen molar-refractivity contribution in [2.24, 2.45) is 5.92 Å². The number of carbonyl (C=O) groups is 2. The second-order valence-corrected chi connectivity index (χ2v) is 8.63. The van der Waals surface area contributed by atoms with Crippen LogP contribution in [0.1, 0.15) is 52.7 Å². The third kappa shape index (κ3) is 7.51. The van der Waals surface area contributed by atoms with E-state index in [1.54, 1.807) is 12.3 Å². The molecule has 0 radical (unpaired) electrons. The highest BCUT2D eigenvalue weighted by atomic mass is 19.4. The van der Waals surface area contributed by atoms with E-state index < -0.39 is 24.3 Å². The molecule has 1 aliphatic rings. The highest BCUT2D eigenvalue weighted by Crippen LogP contribution is 2.31. The highest BCUT2D eigenvalue weighted by molar-refractivity contribution is 5.94. The van der Waals surface area contributed by atoms with Crippen LogP contribution in [0.15, 0.2) is 36.5 Å². The van der Waals surface area contributed by atoms with Gasteiger partial charge >= 0.3 is 6.18 Å². The largest absolute Gasteiger partial charge is 0.416 e. The van der Waals surface area contributed by atoms with Gasteiger partial charge in [-0.2, -0.15) is 13.2 Å². The maximum Gasteiger partial charge on any atom is 0.416 e. The van der Waals surface area contributed by atoms with Crippen LogP contribution in [-0.4, -0.2) is 35.9 Å². The van der Waals surface area contributed by atoms with E-state index in [-0.39, 0.29) is 35.5 Å². The number of amides is 2. The molecule has 1 heterocycles. The molecule has 0 bridgehead atoms. The number of nitrogens with zero attached hydrogens (tertiary/aromatic N) is 1. The molecule has 3 rings (SSSR count). The summed E-state index contributed by atoms with van der Waals surface area (Å²) in [6, 6.07) is 6.37. The predicted molar refractivity (Wildman–Crippen MR) is 120 cm³/mol. The third-order valence-electron chi connectivity index (χ3n) is 5.86. The number of aryl methyl sites for hydroxylation is 1. The van der Waals surface area contributed by atoms with Crippen molar-refractivity contribution in [3.63, 3.8) is 0 Å². The fourth-order valence-corrected chi connectivity index (χ4v) is 3.94. The van der Waals surface area contributed by atoms with Crippen molar-refractivity contribution < 1.29 is 27.2 Å². The normalized spacial score (nSPS) is 18.4. The van der Waals surface area contributed by atoms with Gasteiger partial charge in [0.15, 0.2) is 0 Å². The van der Waals surface area contributed by atoms with Crippen LogP contribution in [0.5, 0.6) is 0 Å². The molecule has 0 aliphatic heterocycles. The Balaban J connectivity index is 1.41. The van der Waals surface area contributed by atoms with Gasteiger partial charge in [-0.25, -0.2) is 9.37 Å². The van der Waals surface area contributed by atoms with E-state index in [4.69, 9.17) is 0 Å². The number of rotatable bonds is 8. The molecule has 1 aromatic carbocycles. The van der Waals surface area contributed by atoms with E-state index in [1.165, 1.54) is 0 Å². The van der Waals surface area contributed by atoms with Gasteiger partial charge in [0.1, 0.15) is 12.5 Å². The molecular weight excluding hydrogens is 452 g/mol. The van der Waals surface area contributed by atoms with E-state index in [2.05, 4.69) is 20.9 Å². The number of hydrogen-bond donors (Lipinski definition) is 3. The molecule has 0 atom stereocenters. The third-order valence-corrected chi connectivity index (χ3v) is 5.86. The van der Waals surface area contributed by atoms with Crippen LogP contribution < -0.4 is 16.0 Å². The fraction of sp³-hybridized carbons (Fsp3) is 0.458. The Bertz CT molecular complexity index is 987. The minimum atomic E-state index is -4.65. The lowest BCUT2D eigenvalue weighted by molar-refractivity contribution is -0.137.